The van der Waals surface area contributed by atoms with Gasteiger partial charge in [-0.1, -0.05) is 12.1 Å². The molecule has 3 rings (SSSR count). The maximum atomic E-state index is 14.8. The van der Waals surface area contributed by atoms with E-state index in [1.54, 1.807) is 18.2 Å². The van der Waals surface area contributed by atoms with Crippen LogP contribution in [0.1, 0.15) is 53.4 Å². The number of rotatable bonds is 3. The van der Waals surface area contributed by atoms with Crippen LogP contribution in [0.3, 0.4) is 0 Å². The molecule has 1 saturated heterocycles. The fourth-order valence-corrected chi connectivity index (χ4v) is 2.96. The van der Waals surface area contributed by atoms with Crippen LogP contribution in [0.15, 0.2) is 18.2 Å². The van der Waals surface area contributed by atoms with E-state index in [1.165, 1.54) is 0 Å². The van der Waals surface area contributed by atoms with Crippen molar-refractivity contribution in [2.24, 2.45) is 0 Å². The molecule has 2 aliphatic rings. The third-order valence-electron chi connectivity index (χ3n) is 5.10. The molecule has 1 aromatic carbocycles. The van der Waals surface area contributed by atoms with E-state index in [0.29, 0.717) is 11.2 Å². The average Bonchev–Trinajstić information content (AvgIpc) is 2.99. The molecule has 0 atom stereocenters. The molecule has 1 heterocycles. The van der Waals surface area contributed by atoms with Gasteiger partial charge in [0.25, 0.3) is 0 Å². The van der Waals surface area contributed by atoms with E-state index in [-0.39, 0.29) is 11.9 Å². The van der Waals surface area contributed by atoms with Crippen molar-refractivity contribution in [3.63, 3.8) is 0 Å². The molecular weight excluding hydrogens is 282 g/mol. The molecule has 1 aromatic rings. The zero-order chi connectivity index (χ0) is 16.0. The summed E-state index contributed by atoms with van der Waals surface area (Å²) in [5, 5.41) is 0. The van der Waals surface area contributed by atoms with E-state index in [2.05, 4.69) is 0 Å². The van der Waals surface area contributed by atoms with Crippen LogP contribution < -0.4 is 10.2 Å². The van der Waals surface area contributed by atoms with Gasteiger partial charge < -0.3 is 14.0 Å². The van der Waals surface area contributed by atoms with Crippen LogP contribution >= 0.6 is 0 Å². The minimum absolute atomic E-state index is 0.128. The maximum absolute atomic E-state index is 14.8. The number of benzene rings is 1. The molecule has 0 bridgehead atoms. The van der Waals surface area contributed by atoms with E-state index in [1.807, 2.05) is 27.7 Å². The Balaban J connectivity index is 1.83. The number of hydrogen-bond donors (Lipinski definition) is 0. The summed E-state index contributed by atoms with van der Waals surface area (Å²) in [7, 11) is -0.697. The minimum Gasteiger partial charge on any atom is -0.487 e. The van der Waals surface area contributed by atoms with Gasteiger partial charge in [-0.3, -0.25) is 0 Å². The predicted molar refractivity (Wildman–Crippen MR) is 85.0 cm³/mol. The van der Waals surface area contributed by atoms with Crippen molar-refractivity contribution in [1.82, 2.24) is 0 Å². The van der Waals surface area contributed by atoms with Crippen LogP contribution in [-0.2, 0) is 9.31 Å². The van der Waals surface area contributed by atoms with Gasteiger partial charge in [-0.2, -0.15) is 0 Å². The predicted octanol–water partition coefficient (Wildman–Crippen LogP) is 3.45. The highest BCUT2D eigenvalue weighted by Gasteiger charge is 2.52. The number of halogens is 1. The molecule has 0 N–H and O–H groups in total. The van der Waals surface area contributed by atoms with Crippen LogP contribution in [0.25, 0.3) is 0 Å². The minimum atomic E-state index is -0.697. The summed E-state index contributed by atoms with van der Waals surface area (Å²) in [6, 6.07) is 5.19. The summed E-state index contributed by atoms with van der Waals surface area (Å²) >= 11 is 0. The lowest BCUT2D eigenvalue weighted by atomic mass is 9.78. The van der Waals surface area contributed by atoms with Crippen LogP contribution in [-0.4, -0.2) is 24.4 Å². The van der Waals surface area contributed by atoms with Crippen LogP contribution in [0.2, 0.25) is 0 Å². The largest absolute Gasteiger partial charge is 0.497 e. The van der Waals surface area contributed by atoms with Crippen molar-refractivity contribution in [2.75, 3.05) is 0 Å². The Bertz CT molecular complexity index is 537. The summed E-state index contributed by atoms with van der Waals surface area (Å²) in [5.41, 5.74) is -0.548. The van der Waals surface area contributed by atoms with Gasteiger partial charge >= 0.3 is 7.12 Å². The van der Waals surface area contributed by atoms with Crippen molar-refractivity contribution in [3.8, 4) is 5.75 Å². The standard InChI is InChI=1S/C17H24BFO3/c1-16(2)17(3,4)22-18(21-16)13-10-7-11-14(15(13)19)20-12-8-5-6-9-12/h7,10-12H,5-6,8-9H2,1-4H3. The van der Waals surface area contributed by atoms with E-state index < -0.39 is 18.3 Å². The van der Waals surface area contributed by atoms with Crippen LogP contribution in [0.4, 0.5) is 4.39 Å². The highest BCUT2D eigenvalue weighted by atomic mass is 19.1. The van der Waals surface area contributed by atoms with Crippen LogP contribution in [0, 0.1) is 5.82 Å². The quantitative estimate of drug-likeness (QED) is 0.801. The van der Waals surface area contributed by atoms with E-state index in [4.69, 9.17) is 14.0 Å². The van der Waals surface area contributed by atoms with Crippen molar-refractivity contribution in [1.29, 1.82) is 0 Å². The topological polar surface area (TPSA) is 27.7 Å². The lowest BCUT2D eigenvalue weighted by Gasteiger charge is -2.32. The second kappa shape index (κ2) is 5.53. The fraction of sp³-hybridized carbons (Fsp3) is 0.647. The van der Waals surface area contributed by atoms with E-state index >= 15 is 0 Å². The normalized spacial score (nSPS) is 24.0. The average molecular weight is 306 g/mol. The number of hydrogen-bond acceptors (Lipinski definition) is 3. The second-order valence-electron chi connectivity index (χ2n) is 7.27. The molecule has 1 aliphatic heterocycles. The molecule has 1 aliphatic carbocycles. The van der Waals surface area contributed by atoms with Crippen LogP contribution in [0.5, 0.6) is 5.75 Å². The third-order valence-corrected chi connectivity index (χ3v) is 5.10. The van der Waals surface area contributed by atoms with Gasteiger partial charge in [0, 0.05) is 5.46 Å². The first-order valence-corrected chi connectivity index (χ1v) is 8.11. The fourth-order valence-electron chi connectivity index (χ4n) is 2.96. The Labute approximate surface area is 132 Å². The second-order valence-corrected chi connectivity index (χ2v) is 7.27. The Hall–Kier alpha value is -1.07. The molecule has 22 heavy (non-hydrogen) atoms. The zero-order valence-corrected chi connectivity index (χ0v) is 13.8. The summed E-state index contributed by atoms with van der Waals surface area (Å²) < 4.78 is 32.5. The first-order valence-electron chi connectivity index (χ1n) is 8.11. The van der Waals surface area contributed by atoms with E-state index in [9.17, 15) is 4.39 Å². The third kappa shape index (κ3) is 2.76. The van der Waals surface area contributed by atoms with Crippen molar-refractivity contribution in [3.05, 3.63) is 24.0 Å². The smallest absolute Gasteiger partial charge is 0.487 e. The molecule has 0 amide bonds. The molecule has 1 saturated carbocycles. The Morgan fingerprint density at radius 1 is 1.09 bits per heavy atom. The zero-order valence-electron chi connectivity index (χ0n) is 13.8. The molecule has 0 aromatic heterocycles. The lowest BCUT2D eigenvalue weighted by molar-refractivity contribution is 0.00578. The highest BCUT2D eigenvalue weighted by Crippen LogP contribution is 2.37. The number of ether oxygens (including phenoxy) is 1. The van der Waals surface area contributed by atoms with Gasteiger partial charge in [0.15, 0.2) is 11.6 Å². The summed E-state index contributed by atoms with van der Waals surface area (Å²) in [5.74, 6) is -0.0630. The molecule has 120 valence electrons. The first-order chi connectivity index (χ1) is 10.3. The maximum Gasteiger partial charge on any atom is 0.497 e. The van der Waals surface area contributed by atoms with Crippen molar-refractivity contribution in [2.45, 2.75) is 70.7 Å². The van der Waals surface area contributed by atoms with E-state index in [0.717, 1.165) is 25.7 Å². The molecule has 0 spiro atoms. The van der Waals surface area contributed by atoms with Gasteiger partial charge in [0.1, 0.15) is 0 Å². The van der Waals surface area contributed by atoms with Gasteiger partial charge in [-0.25, -0.2) is 4.39 Å². The first kappa shape index (κ1) is 15.8. The Morgan fingerprint density at radius 2 is 1.68 bits per heavy atom. The molecule has 2 fully saturated rings. The summed E-state index contributed by atoms with van der Waals surface area (Å²) in [4.78, 5) is 0. The highest BCUT2D eigenvalue weighted by molar-refractivity contribution is 6.62. The van der Waals surface area contributed by atoms with Gasteiger partial charge in [0.2, 0.25) is 0 Å². The Morgan fingerprint density at radius 3 is 2.27 bits per heavy atom. The molecule has 5 heteroatoms. The molecule has 3 nitrogen and oxygen atoms in total. The summed E-state index contributed by atoms with van der Waals surface area (Å²) in [6.07, 6.45) is 4.44. The van der Waals surface area contributed by atoms with Crippen molar-refractivity contribution < 1.29 is 18.4 Å². The monoisotopic (exact) mass is 306 g/mol. The van der Waals surface area contributed by atoms with Gasteiger partial charge in [-0.15, -0.1) is 0 Å². The SMILES string of the molecule is CC1(C)OB(c2cccc(OC3CCCC3)c2F)OC1(C)C. The Kier molecular flexibility index (Phi) is 3.98. The summed E-state index contributed by atoms with van der Waals surface area (Å²) in [6.45, 7) is 7.85. The van der Waals surface area contributed by atoms with Crippen molar-refractivity contribution >= 4 is 12.6 Å². The van der Waals surface area contributed by atoms with Gasteiger partial charge in [0.05, 0.1) is 17.3 Å². The molecular formula is C17H24BFO3. The molecule has 0 radical (unpaired) electrons. The molecule has 0 unspecified atom stereocenters. The van der Waals surface area contributed by atoms with Gasteiger partial charge in [-0.05, 0) is 59.4 Å². The lowest BCUT2D eigenvalue weighted by Crippen LogP contribution is -2.41.